The van der Waals surface area contributed by atoms with Crippen LogP contribution < -0.4 is 11.1 Å². The van der Waals surface area contributed by atoms with Crippen molar-refractivity contribution in [2.24, 2.45) is 5.73 Å². The Bertz CT molecular complexity index is 1120. The van der Waals surface area contributed by atoms with Crippen LogP contribution in [0.3, 0.4) is 0 Å². The van der Waals surface area contributed by atoms with E-state index in [-0.39, 0.29) is 5.91 Å². The molecule has 3 aromatic carbocycles. The largest absolute Gasteiger partial charge is 0.353 e. The molecule has 1 unspecified atom stereocenters. The zero-order chi connectivity index (χ0) is 20.2. The molecule has 146 valence electrons. The third-order valence-corrected chi connectivity index (χ3v) is 5.76. The summed E-state index contributed by atoms with van der Waals surface area (Å²) in [4.78, 5) is 12.5. The molecule has 0 saturated heterocycles. The van der Waals surface area contributed by atoms with Gasteiger partial charge in [0.1, 0.15) is 6.04 Å². The fourth-order valence-electron chi connectivity index (χ4n) is 3.46. The van der Waals surface area contributed by atoms with Crippen molar-refractivity contribution in [1.29, 1.82) is 0 Å². The minimum absolute atomic E-state index is 0.171. The Hall–Kier alpha value is -2.89. The van der Waals surface area contributed by atoms with Gasteiger partial charge in [-0.15, -0.1) is 0 Å². The van der Waals surface area contributed by atoms with Gasteiger partial charge < -0.3 is 15.6 Å². The number of nitrogens with one attached hydrogen (secondary N) is 1. The average molecular weight is 448 g/mol. The Morgan fingerprint density at radius 3 is 2.41 bits per heavy atom. The second-order valence-electron chi connectivity index (χ2n) is 6.94. The lowest BCUT2D eigenvalue weighted by molar-refractivity contribution is -0.122. The van der Waals surface area contributed by atoms with Crippen LogP contribution in [0.4, 0.5) is 0 Å². The number of benzene rings is 3. The van der Waals surface area contributed by atoms with Gasteiger partial charge in [0, 0.05) is 34.7 Å². The van der Waals surface area contributed by atoms with Gasteiger partial charge in [-0.25, -0.2) is 0 Å². The molecular weight excluding hydrogens is 426 g/mol. The minimum Gasteiger partial charge on any atom is -0.353 e. The topological polar surface area (TPSA) is 60.1 Å². The number of hydrogen-bond acceptors (Lipinski definition) is 2. The first kappa shape index (κ1) is 19.4. The van der Waals surface area contributed by atoms with Crippen molar-refractivity contribution in [2.45, 2.75) is 12.6 Å². The van der Waals surface area contributed by atoms with Gasteiger partial charge >= 0.3 is 0 Å². The molecule has 4 nitrogen and oxygen atoms in total. The molecule has 3 N–H and O–H groups in total. The molecule has 1 atom stereocenters. The number of carbonyl (C=O) groups excluding carboxylic acids is 1. The summed E-state index contributed by atoms with van der Waals surface area (Å²) >= 11 is 3.57. The van der Waals surface area contributed by atoms with E-state index in [0.29, 0.717) is 13.1 Å². The number of fused-ring (bicyclic) bond motifs is 1. The minimum atomic E-state index is -0.685. The van der Waals surface area contributed by atoms with Gasteiger partial charge in [-0.05, 0) is 34.9 Å². The molecule has 29 heavy (non-hydrogen) atoms. The molecule has 1 heterocycles. The van der Waals surface area contributed by atoms with Crippen molar-refractivity contribution in [3.63, 3.8) is 0 Å². The van der Waals surface area contributed by atoms with E-state index in [4.69, 9.17) is 5.73 Å². The molecular formula is C24H22BrN3O. The van der Waals surface area contributed by atoms with Crippen molar-refractivity contribution in [1.82, 2.24) is 9.88 Å². The van der Waals surface area contributed by atoms with Gasteiger partial charge in [0.25, 0.3) is 0 Å². The predicted molar refractivity (Wildman–Crippen MR) is 121 cm³/mol. The predicted octanol–water partition coefficient (Wildman–Crippen LogP) is 4.89. The highest BCUT2D eigenvalue weighted by atomic mass is 79.9. The zero-order valence-corrected chi connectivity index (χ0v) is 17.5. The maximum absolute atomic E-state index is 12.5. The summed E-state index contributed by atoms with van der Waals surface area (Å²) in [5.41, 5.74) is 10.4. The van der Waals surface area contributed by atoms with E-state index < -0.39 is 6.04 Å². The van der Waals surface area contributed by atoms with E-state index in [1.54, 1.807) is 0 Å². The van der Waals surface area contributed by atoms with Crippen LogP contribution in [0.15, 0.2) is 89.5 Å². The zero-order valence-electron chi connectivity index (χ0n) is 15.9. The van der Waals surface area contributed by atoms with Crippen LogP contribution >= 0.6 is 15.9 Å². The van der Waals surface area contributed by atoms with Crippen LogP contribution in [0.5, 0.6) is 0 Å². The van der Waals surface area contributed by atoms with Gasteiger partial charge in [0.2, 0.25) is 5.91 Å². The highest BCUT2D eigenvalue weighted by molar-refractivity contribution is 9.10. The molecule has 0 fully saturated rings. The Kier molecular flexibility index (Phi) is 5.79. The third kappa shape index (κ3) is 4.26. The summed E-state index contributed by atoms with van der Waals surface area (Å²) in [6.07, 6.45) is 2.03. The number of hydrogen-bond donors (Lipinski definition) is 2. The van der Waals surface area contributed by atoms with Gasteiger partial charge in [-0.2, -0.15) is 0 Å². The molecule has 1 amide bonds. The van der Waals surface area contributed by atoms with Gasteiger partial charge in [0.15, 0.2) is 0 Å². The van der Waals surface area contributed by atoms with Crippen LogP contribution in [0.25, 0.3) is 22.0 Å². The van der Waals surface area contributed by atoms with E-state index in [2.05, 4.69) is 50.1 Å². The van der Waals surface area contributed by atoms with E-state index in [0.717, 1.165) is 32.1 Å². The van der Waals surface area contributed by atoms with Gasteiger partial charge in [-0.1, -0.05) is 76.6 Å². The molecule has 0 aliphatic heterocycles. The Balaban J connectivity index is 1.36. The summed E-state index contributed by atoms with van der Waals surface area (Å²) in [6.45, 7) is 1.20. The van der Waals surface area contributed by atoms with E-state index in [9.17, 15) is 4.79 Å². The molecule has 0 aliphatic carbocycles. The summed E-state index contributed by atoms with van der Waals surface area (Å²) < 4.78 is 3.19. The third-order valence-electron chi connectivity index (χ3n) is 5.07. The highest BCUT2D eigenvalue weighted by Crippen LogP contribution is 2.24. The van der Waals surface area contributed by atoms with E-state index >= 15 is 0 Å². The summed E-state index contributed by atoms with van der Waals surface area (Å²) in [5.74, 6) is -0.171. The second kappa shape index (κ2) is 8.64. The maximum Gasteiger partial charge on any atom is 0.241 e. The van der Waals surface area contributed by atoms with Crippen LogP contribution in [-0.2, 0) is 11.3 Å². The number of nitrogens with two attached hydrogens (primary N) is 1. The van der Waals surface area contributed by atoms with Gasteiger partial charge in [0.05, 0.1) is 0 Å². The van der Waals surface area contributed by atoms with E-state index in [1.807, 2.05) is 60.8 Å². The van der Waals surface area contributed by atoms with Crippen molar-refractivity contribution in [2.75, 3.05) is 6.54 Å². The average Bonchev–Trinajstić information content (AvgIpc) is 3.18. The number of aromatic nitrogens is 1. The first-order valence-electron chi connectivity index (χ1n) is 9.55. The fourth-order valence-corrected chi connectivity index (χ4v) is 3.94. The lowest BCUT2D eigenvalue weighted by Crippen LogP contribution is -2.35. The molecule has 0 saturated carbocycles. The Morgan fingerprint density at radius 2 is 1.66 bits per heavy atom. The molecule has 1 aromatic heterocycles. The number of rotatable bonds is 6. The molecule has 5 heteroatoms. The summed E-state index contributed by atoms with van der Waals surface area (Å²) in [5, 5.41) is 4.11. The van der Waals surface area contributed by atoms with Crippen molar-refractivity contribution in [3.05, 3.63) is 95.1 Å². The lowest BCUT2D eigenvalue weighted by atomic mass is 10.0. The summed E-state index contributed by atoms with van der Waals surface area (Å²) in [6, 6.07) is 25.5. The van der Waals surface area contributed by atoms with Gasteiger partial charge in [-0.3, -0.25) is 4.79 Å². The summed E-state index contributed by atoms with van der Waals surface area (Å²) in [7, 11) is 0. The monoisotopic (exact) mass is 447 g/mol. The SMILES string of the molecule is NC(C(=O)NCCn1ccc2c(Br)cccc21)c1ccc(-c2ccccc2)cc1. The number of nitrogens with zero attached hydrogens (tertiary/aromatic N) is 1. The first-order valence-corrected chi connectivity index (χ1v) is 10.3. The quantitative estimate of drug-likeness (QED) is 0.442. The number of halogens is 1. The van der Waals surface area contributed by atoms with Crippen LogP contribution in [0, 0.1) is 0 Å². The number of carbonyl (C=O) groups is 1. The van der Waals surface area contributed by atoms with Crippen LogP contribution in [0.2, 0.25) is 0 Å². The standard InChI is InChI=1S/C24H22BrN3O/c25-21-7-4-8-22-20(21)13-15-28(22)16-14-27-24(29)23(26)19-11-9-18(10-12-19)17-5-2-1-3-6-17/h1-13,15,23H,14,16,26H2,(H,27,29). The smallest absolute Gasteiger partial charge is 0.241 e. The Labute approximate surface area is 178 Å². The van der Waals surface area contributed by atoms with Crippen LogP contribution in [0.1, 0.15) is 11.6 Å². The van der Waals surface area contributed by atoms with Crippen molar-refractivity contribution in [3.8, 4) is 11.1 Å². The molecule has 4 rings (SSSR count). The maximum atomic E-state index is 12.5. The molecule has 0 radical (unpaired) electrons. The van der Waals surface area contributed by atoms with Crippen molar-refractivity contribution < 1.29 is 4.79 Å². The lowest BCUT2D eigenvalue weighted by Gasteiger charge is -2.14. The second-order valence-corrected chi connectivity index (χ2v) is 7.79. The van der Waals surface area contributed by atoms with Crippen LogP contribution in [-0.4, -0.2) is 17.0 Å². The highest BCUT2D eigenvalue weighted by Gasteiger charge is 2.15. The Morgan fingerprint density at radius 1 is 0.931 bits per heavy atom. The molecule has 0 spiro atoms. The number of amides is 1. The normalized spacial score (nSPS) is 12.1. The molecule has 4 aromatic rings. The van der Waals surface area contributed by atoms with Crippen molar-refractivity contribution >= 4 is 32.7 Å². The first-order chi connectivity index (χ1) is 14.1. The fraction of sp³-hybridized carbons (Fsp3) is 0.125. The van der Waals surface area contributed by atoms with E-state index in [1.165, 1.54) is 0 Å². The molecule has 0 aliphatic rings. The molecule has 0 bridgehead atoms.